The number of carbonyl (C=O) groups is 1. The molecular formula is C26H26N6OS. The van der Waals surface area contributed by atoms with Gasteiger partial charge in [-0.3, -0.25) is 9.36 Å². The van der Waals surface area contributed by atoms with Gasteiger partial charge in [0.1, 0.15) is 0 Å². The third kappa shape index (κ3) is 5.71. The molecule has 0 radical (unpaired) electrons. The SMILES string of the molecule is Cc1ccc(-c2nnc(SCC(=O)N/N=C\c3ccc(N(C)C)cc3)n2-c2ccccc2)cc1. The Hall–Kier alpha value is -3.91. The number of amides is 1. The Labute approximate surface area is 203 Å². The lowest BCUT2D eigenvalue weighted by atomic mass is 10.1. The van der Waals surface area contributed by atoms with Crippen molar-refractivity contribution in [3.63, 3.8) is 0 Å². The zero-order valence-electron chi connectivity index (χ0n) is 19.3. The second-order valence-corrected chi connectivity index (χ2v) is 8.85. The molecule has 3 aromatic carbocycles. The molecule has 0 unspecified atom stereocenters. The Morgan fingerprint density at radius 2 is 1.71 bits per heavy atom. The minimum absolute atomic E-state index is 0.162. The number of hydrogen-bond donors (Lipinski definition) is 1. The predicted molar refractivity (Wildman–Crippen MR) is 139 cm³/mol. The number of aromatic nitrogens is 3. The Bertz CT molecular complexity index is 1270. The maximum atomic E-state index is 12.4. The van der Waals surface area contributed by atoms with Crippen LogP contribution in [0.15, 0.2) is 89.1 Å². The molecule has 0 bridgehead atoms. The van der Waals surface area contributed by atoms with Gasteiger partial charge in [0.25, 0.3) is 5.91 Å². The summed E-state index contributed by atoms with van der Waals surface area (Å²) in [6, 6.07) is 26.0. The van der Waals surface area contributed by atoms with E-state index in [1.54, 1.807) is 6.21 Å². The van der Waals surface area contributed by atoms with Crippen molar-refractivity contribution in [3.8, 4) is 17.1 Å². The summed E-state index contributed by atoms with van der Waals surface area (Å²) < 4.78 is 1.97. The smallest absolute Gasteiger partial charge is 0.250 e. The number of aryl methyl sites for hydroxylation is 1. The average molecular weight is 471 g/mol. The largest absolute Gasteiger partial charge is 0.378 e. The maximum absolute atomic E-state index is 12.4. The van der Waals surface area contributed by atoms with E-state index in [4.69, 9.17) is 0 Å². The summed E-state index contributed by atoms with van der Waals surface area (Å²) >= 11 is 1.32. The van der Waals surface area contributed by atoms with Crippen LogP contribution in [-0.4, -0.2) is 46.7 Å². The number of thioether (sulfide) groups is 1. The fraction of sp³-hybridized carbons (Fsp3) is 0.154. The number of hydrazone groups is 1. The summed E-state index contributed by atoms with van der Waals surface area (Å²) in [5, 5.41) is 13.5. The van der Waals surface area contributed by atoms with Gasteiger partial charge in [-0.1, -0.05) is 71.9 Å². The number of hydrogen-bond acceptors (Lipinski definition) is 6. The van der Waals surface area contributed by atoms with E-state index >= 15 is 0 Å². The van der Waals surface area contributed by atoms with Gasteiger partial charge in [0.2, 0.25) is 0 Å². The molecule has 0 fully saturated rings. The maximum Gasteiger partial charge on any atom is 0.250 e. The lowest BCUT2D eigenvalue weighted by Gasteiger charge is -2.11. The van der Waals surface area contributed by atoms with E-state index < -0.39 is 0 Å². The fourth-order valence-corrected chi connectivity index (χ4v) is 4.01. The molecule has 0 aliphatic heterocycles. The number of nitrogens with one attached hydrogen (secondary N) is 1. The highest BCUT2D eigenvalue weighted by atomic mass is 32.2. The molecule has 172 valence electrons. The molecule has 7 nitrogen and oxygen atoms in total. The van der Waals surface area contributed by atoms with Crippen LogP contribution in [-0.2, 0) is 4.79 Å². The lowest BCUT2D eigenvalue weighted by molar-refractivity contribution is -0.118. The fourth-order valence-electron chi connectivity index (χ4n) is 3.26. The summed E-state index contributed by atoms with van der Waals surface area (Å²) in [5.41, 5.74) is 7.67. The zero-order chi connectivity index (χ0) is 23.9. The van der Waals surface area contributed by atoms with Crippen molar-refractivity contribution < 1.29 is 4.79 Å². The Morgan fingerprint density at radius 3 is 2.38 bits per heavy atom. The van der Waals surface area contributed by atoms with Gasteiger partial charge in [-0.05, 0) is 36.8 Å². The summed E-state index contributed by atoms with van der Waals surface area (Å²) in [6.45, 7) is 2.05. The summed E-state index contributed by atoms with van der Waals surface area (Å²) in [4.78, 5) is 14.4. The standard InChI is InChI=1S/C26H26N6OS/c1-19-9-13-21(14-10-19)25-29-30-26(32(25)23-7-5-4-6-8-23)34-18-24(33)28-27-17-20-11-15-22(16-12-20)31(2)3/h4-17H,18H2,1-3H3,(H,28,33)/b27-17-. The summed E-state index contributed by atoms with van der Waals surface area (Å²) in [5.74, 6) is 0.675. The average Bonchev–Trinajstić information content (AvgIpc) is 3.28. The van der Waals surface area contributed by atoms with Crippen LogP contribution in [0.4, 0.5) is 5.69 Å². The number of anilines is 1. The molecule has 1 aromatic heterocycles. The minimum Gasteiger partial charge on any atom is -0.378 e. The number of benzene rings is 3. The molecule has 1 heterocycles. The third-order valence-corrected chi connectivity index (χ3v) is 6.03. The molecule has 0 atom stereocenters. The molecule has 0 saturated carbocycles. The normalized spacial score (nSPS) is 11.0. The summed E-state index contributed by atoms with van der Waals surface area (Å²) in [6.07, 6.45) is 1.63. The van der Waals surface area contributed by atoms with Crippen molar-refractivity contribution in [2.24, 2.45) is 5.10 Å². The second kappa shape index (κ2) is 10.8. The van der Waals surface area contributed by atoms with Crippen LogP contribution in [0.1, 0.15) is 11.1 Å². The van der Waals surface area contributed by atoms with Crippen LogP contribution in [0.5, 0.6) is 0 Å². The van der Waals surface area contributed by atoms with Crippen LogP contribution < -0.4 is 10.3 Å². The molecule has 0 saturated heterocycles. The Balaban J connectivity index is 1.45. The van der Waals surface area contributed by atoms with E-state index in [0.29, 0.717) is 5.16 Å². The highest BCUT2D eigenvalue weighted by molar-refractivity contribution is 7.99. The van der Waals surface area contributed by atoms with Gasteiger partial charge in [-0.25, -0.2) is 5.43 Å². The molecule has 34 heavy (non-hydrogen) atoms. The van der Waals surface area contributed by atoms with Crippen molar-refractivity contribution >= 4 is 29.6 Å². The van der Waals surface area contributed by atoms with Crippen molar-refractivity contribution in [2.75, 3.05) is 24.7 Å². The van der Waals surface area contributed by atoms with Gasteiger partial charge in [-0.15, -0.1) is 10.2 Å². The van der Waals surface area contributed by atoms with Crippen molar-refractivity contribution in [3.05, 3.63) is 90.0 Å². The number of nitrogens with zero attached hydrogens (tertiary/aromatic N) is 5. The first-order valence-electron chi connectivity index (χ1n) is 10.8. The molecule has 4 rings (SSSR count). The monoisotopic (exact) mass is 470 g/mol. The number of rotatable bonds is 8. The molecule has 1 N–H and O–H groups in total. The van der Waals surface area contributed by atoms with E-state index in [9.17, 15) is 4.79 Å². The van der Waals surface area contributed by atoms with Gasteiger partial charge in [0.15, 0.2) is 11.0 Å². The topological polar surface area (TPSA) is 75.4 Å². The quantitative estimate of drug-likeness (QED) is 0.232. The van der Waals surface area contributed by atoms with Gasteiger partial charge < -0.3 is 4.90 Å². The Morgan fingerprint density at radius 1 is 1.00 bits per heavy atom. The molecular weight excluding hydrogens is 444 g/mol. The first-order chi connectivity index (χ1) is 16.5. The Kier molecular flexibility index (Phi) is 7.39. The second-order valence-electron chi connectivity index (χ2n) is 7.91. The molecule has 0 aliphatic rings. The minimum atomic E-state index is -0.217. The number of carbonyl (C=O) groups excluding carboxylic acids is 1. The van der Waals surface area contributed by atoms with Crippen LogP contribution in [0, 0.1) is 6.92 Å². The van der Waals surface area contributed by atoms with E-state index in [0.717, 1.165) is 28.3 Å². The first kappa shape index (κ1) is 23.3. The highest BCUT2D eigenvalue weighted by Gasteiger charge is 2.17. The molecule has 8 heteroatoms. The van der Waals surface area contributed by atoms with Gasteiger partial charge >= 0.3 is 0 Å². The van der Waals surface area contributed by atoms with E-state index in [1.807, 2.05) is 109 Å². The molecule has 1 amide bonds. The summed E-state index contributed by atoms with van der Waals surface area (Å²) in [7, 11) is 3.98. The van der Waals surface area contributed by atoms with Crippen LogP contribution >= 0.6 is 11.8 Å². The molecule has 4 aromatic rings. The van der Waals surface area contributed by atoms with Gasteiger partial charge in [0.05, 0.1) is 12.0 Å². The van der Waals surface area contributed by atoms with Crippen molar-refractivity contribution in [1.29, 1.82) is 0 Å². The van der Waals surface area contributed by atoms with Crippen LogP contribution in [0.2, 0.25) is 0 Å². The van der Waals surface area contributed by atoms with Gasteiger partial charge in [0, 0.05) is 31.0 Å². The zero-order valence-corrected chi connectivity index (χ0v) is 20.2. The third-order valence-electron chi connectivity index (χ3n) is 5.10. The first-order valence-corrected chi connectivity index (χ1v) is 11.8. The van der Waals surface area contributed by atoms with Crippen molar-refractivity contribution in [2.45, 2.75) is 12.1 Å². The molecule has 0 aliphatic carbocycles. The lowest BCUT2D eigenvalue weighted by Crippen LogP contribution is -2.20. The van der Waals surface area contributed by atoms with Crippen molar-refractivity contribution in [1.82, 2.24) is 20.2 Å². The van der Waals surface area contributed by atoms with E-state index in [1.165, 1.54) is 17.3 Å². The number of para-hydroxylation sites is 1. The van der Waals surface area contributed by atoms with E-state index in [-0.39, 0.29) is 11.7 Å². The highest BCUT2D eigenvalue weighted by Crippen LogP contribution is 2.28. The van der Waals surface area contributed by atoms with Gasteiger partial charge in [-0.2, -0.15) is 5.10 Å². The van der Waals surface area contributed by atoms with E-state index in [2.05, 4.69) is 20.7 Å². The predicted octanol–water partition coefficient (Wildman–Crippen LogP) is 4.55. The molecule has 0 spiro atoms. The van der Waals surface area contributed by atoms with Crippen LogP contribution in [0.25, 0.3) is 17.1 Å². The van der Waals surface area contributed by atoms with Crippen LogP contribution in [0.3, 0.4) is 0 Å².